The fourth-order valence-electron chi connectivity index (χ4n) is 2.87. The van der Waals surface area contributed by atoms with Crippen LogP contribution in [0.2, 0.25) is 5.02 Å². The first-order chi connectivity index (χ1) is 10.8. The summed E-state index contributed by atoms with van der Waals surface area (Å²) in [6.07, 6.45) is 2.86. The molecule has 1 fully saturated rings. The van der Waals surface area contributed by atoms with E-state index in [0.717, 1.165) is 19.3 Å². The summed E-state index contributed by atoms with van der Waals surface area (Å²) in [7, 11) is 0. The van der Waals surface area contributed by atoms with E-state index in [1.165, 1.54) is 0 Å². The molecule has 1 aliphatic rings. The minimum atomic E-state index is -1.20. The third-order valence-electron chi connectivity index (χ3n) is 4.04. The summed E-state index contributed by atoms with van der Waals surface area (Å²) < 4.78 is 31.1. The second-order valence-electron chi connectivity index (χ2n) is 5.75. The van der Waals surface area contributed by atoms with Crippen LogP contribution in [-0.4, -0.2) is 35.5 Å². The second kappa shape index (κ2) is 7.25. The molecule has 2 rings (SSSR count). The number of carbonyl (C=O) groups is 2. The van der Waals surface area contributed by atoms with E-state index in [2.05, 4.69) is 0 Å². The largest absolute Gasteiger partial charge is 0.452 e. The summed E-state index contributed by atoms with van der Waals surface area (Å²) in [6, 6.07) is 1.52. The third-order valence-corrected chi connectivity index (χ3v) is 4.35. The van der Waals surface area contributed by atoms with E-state index in [1.54, 1.807) is 4.90 Å². The minimum Gasteiger partial charge on any atom is -0.452 e. The van der Waals surface area contributed by atoms with Gasteiger partial charge in [0.2, 0.25) is 0 Å². The Kier molecular flexibility index (Phi) is 5.57. The Bertz CT molecular complexity index is 614. The molecule has 4 nitrogen and oxygen atoms in total. The maximum absolute atomic E-state index is 13.2. The van der Waals surface area contributed by atoms with Gasteiger partial charge in [-0.25, -0.2) is 13.6 Å². The van der Waals surface area contributed by atoms with Crippen molar-refractivity contribution < 1.29 is 23.1 Å². The van der Waals surface area contributed by atoms with Crippen molar-refractivity contribution in [2.24, 2.45) is 0 Å². The fraction of sp³-hybridized carbons (Fsp3) is 0.500. The van der Waals surface area contributed by atoms with Crippen LogP contribution in [0.3, 0.4) is 0 Å². The van der Waals surface area contributed by atoms with Crippen LogP contribution in [0.1, 0.15) is 43.5 Å². The maximum Gasteiger partial charge on any atom is 0.340 e. The van der Waals surface area contributed by atoms with Crippen molar-refractivity contribution in [2.75, 3.05) is 6.61 Å². The number of hydrogen-bond acceptors (Lipinski definition) is 3. The smallest absolute Gasteiger partial charge is 0.340 e. The van der Waals surface area contributed by atoms with E-state index in [-0.39, 0.29) is 28.6 Å². The van der Waals surface area contributed by atoms with Crippen molar-refractivity contribution in [1.82, 2.24) is 4.90 Å². The highest BCUT2D eigenvalue weighted by molar-refractivity contribution is 6.33. The highest BCUT2D eigenvalue weighted by Crippen LogP contribution is 2.23. The number of likely N-dealkylation sites (tertiary alicyclic amines) is 1. The minimum absolute atomic E-state index is 0.0804. The first-order valence-electron chi connectivity index (χ1n) is 7.44. The van der Waals surface area contributed by atoms with Gasteiger partial charge in [-0.05, 0) is 45.2 Å². The number of nitrogens with zero attached hydrogens (tertiary/aromatic N) is 1. The molecular weight excluding hydrogens is 328 g/mol. The van der Waals surface area contributed by atoms with E-state index in [0.29, 0.717) is 12.1 Å². The number of benzene rings is 1. The number of esters is 1. The molecule has 0 N–H and O–H groups in total. The summed E-state index contributed by atoms with van der Waals surface area (Å²) >= 11 is 5.70. The van der Waals surface area contributed by atoms with Crippen molar-refractivity contribution in [3.05, 3.63) is 34.4 Å². The zero-order chi connectivity index (χ0) is 17.1. The van der Waals surface area contributed by atoms with Crippen LogP contribution in [0.4, 0.5) is 8.78 Å². The summed E-state index contributed by atoms with van der Waals surface area (Å²) in [5.74, 6) is -3.62. The van der Waals surface area contributed by atoms with Crippen LogP contribution in [-0.2, 0) is 9.53 Å². The molecule has 2 atom stereocenters. The van der Waals surface area contributed by atoms with E-state index >= 15 is 0 Å². The van der Waals surface area contributed by atoms with Gasteiger partial charge in [0.05, 0.1) is 10.6 Å². The lowest BCUT2D eigenvalue weighted by Gasteiger charge is -2.38. The fourth-order valence-corrected chi connectivity index (χ4v) is 3.10. The van der Waals surface area contributed by atoms with E-state index in [4.69, 9.17) is 16.3 Å². The predicted octanol–water partition coefficient (Wildman–Crippen LogP) is 3.56. The molecule has 126 valence electrons. The average Bonchev–Trinajstić information content (AvgIpc) is 2.48. The number of rotatable bonds is 3. The molecule has 0 bridgehead atoms. The SMILES string of the molecule is C[C@@H]1CCC[C@@H](C)N1C(=O)COC(=O)c1cc(F)c(F)cc1Cl. The Hall–Kier alpha value is -1.69. The van der Waals surface area contributed by atoms with Crippen LogP contribution in [0.5, 0.6) is 0 Å². The number of hydrogen-bond donors (Lipinski definition) is 0. The molecule has 0 saturated carbocycles. The van der Waals surface area contributed by atoms with E-state index in [9.17, 15) is 18.4 Å². The van der Waals surface area contributed by atoms with Gasteiger partial charge in [0.25, 0.3) is 5.91 Å². The van der Waals surface area contributed by atoms with Crippen molar-refractivity contribution in [3.63, 3.8) is 0 Å². The van der Waals surface area contributed by atoms with Gasteiger partial charge in [-0.3, -0.25) is 4.79 Å². The lowest BCUT2D eigenvalue weighted by Crippen LogP contribution is -2.49. The molecule has 23 heavy (non-hydrogen) atoms. The molecule has 1 amide bonds. The van der Waals surface area contributed by atoms with E-state index in [1.807, 2.05) is 13.8 Å². The van der Waals surface area contributed by atoms with Gasteiger partial charge in [0.15, 0.2) is 18.2 Å². The topological polar surface area (TPSA) is 46.6 Å². The maximum atomic E-state index is 13.2. The lowest BCUT2D eigenvalue weighted by molar-refractivity contribution is -0.140. The molecule has 1 aromatic rings. The van der Waals surface area contributed by atoms with Gasteiger partial charge in [-0.2, -0.15) is 0 Å². The molecule has 7 heteroatoms. The van der Waals surface area contributed by atoms with Crippen LogP contribution >= 0.6 is 11.6 Å². The number of piperidine rings is 1. The highest BCUT2D eigenvalue weighted by Gasteiger charge is 2.29. The van der Waals surface area contributed by atoms with E-state index < -0.39 is 24.2 Å². The average molecular weight is 346 g/mol. The monoisotopic (exact) mass is 345 g/mol. The standard InChI is InChI=1S/C16H18ClF2NO3/c1-9-4-3-5-10(2)20(9)15(21)8-23-16(22)11-6-13(18)14(19)7-12(11)17/h6-7,9-10H,3-5,8H2,1-2H3/t9-,10-/m1/s1. The summed E-state index contributed by atoms with van der Waals surface area (Å²) in [6.45, 7) is 3.44. The Labute approximate surface area is 138 Å². The summed E-state index contributed by atoms with van der Waals surface area (Å²) in [5, 5.41) is -0.263. The van der Waals surface area contributed by atoms with Crippen molar-refractivity contribution in [2.45, 2.75) is 45.2 Å². The van der Waals surface area contributed by atoms with Crippen LogP contribution in [0, 0.1) is 11.6 Å². The zero-order valence-electron chi connectivity index (χ0n) is 12.9. The quantitative estimate of drug-likeness (QED) is 0.621. The number of amides is 1. The molecule has 0 radical (unpaired) electrons. The Balaban J connectivity index is 2.01. The highest BCUT2D eigenvalue weighted by atomic mass is 35.5. The van der Waals surface area contributed by atoms with Gasteiger partial charge in [0, 0.05) is 12.1 Å². The van der Waals surface area contributed by atoms with Crippen molar-refractivity contribution >= 4 is 23.5 Å². The number of ether oxygens (including phenoxy) is 1. The van der Waals surface area contributed by atoms with Crippen LogP contribution in [0.25, 0.3) is 0 Å². The Morgan fingerprint density at radius 2 is 1.78 bits per heavy atom. The Morgan fingerprint density at radius 3 is 2.39 bits per heavy atom. The molecule has 0 unspecified atom stereocenters. The molecule has 1 heterocycles. The van der Waals surface area contributed by atoms with Crippen LogP contribution < -0.4 is 0 Å². The molecule has 1 aromatic carbocycles. The molecule has 0 spiro atoms. The summed E-state index contributed by atoms with van der Waals surface area (Å²) in [5.41, 5.74) is -0.307. The van der Waals surface area contributed by atoms with Gasteiger partial charge < -0.3 is 9.64 Å². The predicted molar refractivity (Wildman–Crippen MR) is 81.3 cm³/mol. The number of carbonyl (C=O) groups excluding carboxylic acids is 2. The lowest BCUT2D eigenvalue weighted by atomic mass is 9.97. The zero-order valence-corrected chi connectivity index (χ0v) is 13.7. The summed E-state index contributed by atoms with van der Waals surface area (Å²) in [4.78, 5) is 25.9. The molecular formula is C16H18ClF2NO3. The molecule has 0 aliphatic carbocycles. The Morgan fingerprint density at radius 1 is 1.22 bits per heavy atom. The first-order valence-corrected chi connectivity index (χ1v) is 7.82. The van der Waals surface area contributed by atoms with Gasteiger partial charge in [0.1, 0.15) is 0 Å². The third kappa shape index (κ3) is 3.99. The van der Waals surface area contributed by atoms with Crippen molar-refractivity contribution in [1.29, 1.82) is 0 Å². The molecule has 1 aliphatic heterocycles. The first kappa shape index (κ1) is 17.7. The van der Waals surface area contributed by atoms with Gasteiger partial charge in [-0.1, -0.05) is 11.6 Å². The number of halogens is 3. The molecule has 1 saturated heterocycles. The normalized spacial score (nSPS) is 21.2. The van der Waals surface area contributed by atoms with Gasteiger partial charge in [-0.15, -0.1) is 0 Å². The second-order valence-corrected chi connectivity index (χ2v) is 6.16. The van der Waals surface area contributed by atoms with Crippen LogP contribution in [0.15, 0.2) is 12.1 Å². The molecule has 0 aromatic heterocycles. The van der Waals surface area contributed by atoms with Crippen molar-refractivity contribution in [3.8, 4) is 0 Å². The van der Waals surface area contributed by atoms with Gasteiger partial charge >= 0.3 is 5.97 Å².